The molecule has 1 aliphatic heterocycles. The first kappa shape index (κ1) is 28.4. The fourth-order valence-corrected chi connectivity index (χ4v) is 11.9. The van der Waals surface area contributed by atoms with E-state index in [1.165, 1.54) is 39.9 Å². The predicted octanol–water partition coefficient (Wildman–Crippen LogP) is 5.48. The first-order chi connectivity index (χ1) is 20.7. The van der Waals surface area contributed by atoms with Gasteiger partial charge in [-0.05, 0) is 98.3 Å². The number of thiazole rings is 1. The number of thioether (sulfide) groups is 1. The maximum absolute atomic E-state index is 13.8. The van der Waals surface area contributed by atoms with Crippen LogP contribution >= 0.6 is 23.1 Å². The van der Waals surface area contributed by atoms with Crippen molar-refractivity contribution in [1.82, 2.24) is 19.7 Å². The Morgan fingerprint density at radius 1 is 1.23 bits per heavy atom. The van der Waals surface area contributed by atoms with Crippen LogP contribution in [0.4, 0.5) is 0 Å². The SMILES string of the molecule is CC12Cc3cnn(C4CCOCC4)c3C=C1CCC1C2[C@@H](O)CC2(C)C1CCC2(O)C(=O)CSc1nc2cccnc2s1. The fourth-order valence-electron chi connectivity index (χ4n) is 9.95. The van der Waals surface area contributed by atoms with Crippen molar-refractivity contribution in [3.63, 3.8) is 0 Å². The van der Waals surface area contributed by atoms with E-state index in [1.54, 1.807) is 6.20 Å². The van der Waals surface area contributed by atoms with Gasteiger partial charge in [-0.2, -0.15) is 5.10 Å². The number of Topliss-reactive ketones (excluding diaryl/α,β-unsaturated/α-hetero) is 1. The number of carbonyl (C=O) groups excluding carboxylic acids is 1. The number of carbonyl (C=O) groups is 1. The summed E-state index contributed by atoms with van der Waals surface area (Å²) in [4.78, 5) is 23.7. The zero-order chi connectivity index (χ0) is 29.6. The number of hydrogen-bond acceptors (Lipinski definition) is 9. The molecule has 8 nitrogen and oxygen atoms in total. The lowest BCUT2D eigenvalue weighted by atomic mass is 9.45. The highest BCUT2D eigenvalue weighted by molar-refractivity contribution is 8.01. The van der Waals surface area contributed by atoms with Crippen LogP contribution in [-0.4, -0.2) is 66.4 Å². The molecule has 0 spiro atoms. The number of fused-ring (bicyclic) bond motifs is 7. The molecule has 5 aliphatic rings. The van der Waals surface area contributed by atoms with Crippen molar-refractivity contribution < 1.29 is 19.7 Å². The summed E-state index contributed by atoms with van der Waals surface area (Å²) in [6, 6.07) is 4.18. The van der Waals surface area contributed by atoms with Crippen LogP contribution in [0.5, 0.6) is 0 Å². The molecule has 6 unspecified atom stereocenters. The lowest BCUT2D eigenvalue weighted by Gasteiger charge is -2.60. The molecule has 4 fully saturated rings. The summed E-state index contributed by atoms with van der Waals surface area (Å²) in [5.41, 5.74) is 2.55. The Labute approximate surface area is 260 Å². The van der Waals surface area contributed by atoms with E-state index in [9.17, 15) is 15.0 Å². The number of ketones is 1. The number of hydrogen-bond donors (Lipinski definition) is 2. The molecule has 0 aromatic carbocycles. The maximum atomic E-state index is 13.8. The molecule has 1 saturated heterocycles. The highest BCUT2D eigenvalue weighted by Crippen LogP contribution is 2.67. The Morgan fingerprint density at radius 3 is 2.88 bits per heavy atom. The van der Waals surface area contributed by atoms with E-state index in [-0.39, 0.29) is 34.7 Å². The molecule has 3 aromatic rings. The number of aliphatic hydroxyl groups is 2. The van der Waals surface area contributed by atoms with Gasteiger partial charge in [-0.25, -0.2) is 9.97 Å². The van der Waals surface area contributed by atoms with E-state index in [1.807, 2.05) is 12.1 Å². The minimum absolute atomic E-state index is 0.104. The van der Waals surface area contributed by atoms with Gasteiger partial charge in [0.25, 0.3) is 0 Å². The van der Waals surface area contributed by atoms with Crippen molar-refractivity contribution in [2.45, 2.75) is 87.3 Å². The largest absolute Gasteiger partial charge is 0.393 e. The van der Waals surface area contributed by atoms with E-state index in [4.69, 9.17) is 9.84 Å². The van der Waals surface area contributed by atoms with Crippen LogP contribution in [-0.2, 0) is 16.0 Å². The standard InChI is InChI=1S/C33H40N4O4S2/c1-31-15-19-17-35-37(21-8-12-41-13-9-21)25(19)14-20(31)5-6-22-23-7-10-33(40,32(23,2)16-26(38)28(22)31)27(39)18-42-30-36-24-4-3-11-34-29(24)43-30/h3-4,11,14,17,21-23,26,28,38,40H,5-10,12-13,15-16,18H2,1-2H3/t22?,23?,26-,28?,31?,32?,33?/m0/s1. The average molecular weight is 621 g/mol. The van der Waals surface area contributed by atoms with Crippen LogP contribution in [0.3, 0.4) is 0 Å². The second-order valence-electron chi connectivity index (χ2n) is 14.0. The second-order valence-corrected chi connectivity index (χ2v) is 16.2. The minimum Gasteiger partial charge on any atom is -0.393 e. The molecule has 3 saturated carbocycles. The smallest absolute Gasteiger partial charge is 0.175 e. The molecule has 2 N–H and O–H groups in total. The van der Waals surface area contributed by atoms with E-state index >= 15 is 0 Å². The second kappa shape index (κ2) is 10.2. The number of allylic oxidation sites excluding steroid dienone is 1. The van der Waals surface area contributed by atoms with Gasteiger partial charge in [0.1, 0.15) is 15.9 Å². The van der Waals surface area contributed by atoms with Gasteiger partial charge in [0.2, 0.25) is 0 Å². The lowest BCUT2D eigenvalue weighted by Crippen LogP contribution is -2.62. The summed E-state index contributed by atoms with van der Waals surface area (Å²) >= 11 is 2.88. The topological polar surface area (TPSA) is 110 Å². The molecule has 0 radical (unpaired) electrons. The van der Waals surface area contributed by atoms with Gasteiger partial charge >= 0.3 is 0 Å². The van der Waals surface area contributed by atoms with Crippen LogP contribution in [0.1, 0.15) is 76.1 Å². The number of aromatic nitrogens is 4. The average Bonchev–Trinajstić information content (AvgIpc) is 3.68. The van der Waals surface area contributed by atoms with Crippen LogP contribution in [0.15, 0.2) is 34.4 Å². The van der Waals surface area contributed by atoms with Crippen molar-refractivity contribution in [1.29, 1.82) is 0 Å². The van der Waals surface area contributed by atoms with Crippen LogP contribution < -0.4 is 0 Å². The molecule has 7 atom stereocenters. The van der Waals surface area contributed by atoms with Crippen LogP contribution in [0.2, 0.25) is 0 Å². The van der Waals surface area contributed by atoms with Gasteiger partial charge in [-0.3, -0.25) is 9.48 Å². The van der Waals surface area contributed by atoms with Crippen molar-refractivity contribution in [2.75, 3.05) is 19.0 Å². The molecule has 10 heteroatoms. The molecule has 0 bridgehead atoms. The van der Waals surface area contributed by atoms with Crippen LogP contribution in [0, 0.1) is 28.6 Å². The normalized spacial score (nSPS) is 37.3. The quantitative estimate of drug-likeness (QED) is 0.361. The Balaban J connectivity index is 1.04. The predicted molar refractivity (Wildman–Crippen MR) is 167 cm³/mol. The number of pyridine rings is 1. The number of nitrogens with zero attached hydrogens (tertiary/aromatic N) is 4. The zero-order valence-corrected chi connectivity index (χ0v) is 26.5. The molecule has 4 aliphatic carbocycles. The molecule has 4 heterocycles. The van der Waals surface area contributed by atoms with Crippen molar-refractivity contribution in [3.8, 4) is 0 Å². The molecule has 0 amide bonds. The third-order valence-electron chi connectivity index (χ3n) is 12.1. The molecular formula is C33H40N4O4S2. The summed E-state index contributed by atoms with van der Waals surface area (Å²) < 4.78 is 8.63. The first-order valence-corrected chi connectivity index (χ1v) is 17.6. The van der Waals surface area contributed by atoms with E-state index in [0.717, 1.165) is 66.4 Å². The van der Waals surface area contributed by atoms with Crippen molar-refractivity contribution >= 4 is 45.3 Å². The maximum Gasteiger partial charge on any atom is 0.175 e. The summed E-state index contributed by atoms with van der Waals surface area (Å²) in [5, 5.41) is 29.0. The van der Waals surface area contributed by atoms with E-state index < -0.39 is 17.1 Å². The lowest BCUT2D eigenvalue weighted by molar-refractivity contribution is -0.177. The van der Waals surface area contributed by atoms with Gasteiger partial charge in [0.05, 0.1) is 29.8 Å². The van der Waals surface area contributed by atoms with E-state index in [2.05, 4.69) is 40.8 Å². The minimum atomic E-state index is -1.44. The molecule has 3 aromatic heterocycles. The molecular weight excluding hydrogens is 581 g/mol. The third kappa shape index (κ3) is 4.19. The highest BCUT2D eigenvalue weighted by atomic mass is 32.2. The monoisotopic (exact) mass is 620 g/mol. The molecule has 8 rings (SSSR count). The van der Waals surface area contributed by atoms with Gasteiger partial charge in [0.15, 0.2) is 10.1 Å². The third-order valence-corrected chi connectivity index (χ3v) is 14.2. The highest BCUT2D eigenvalue weighted by Gasteiger charge is 2.68. The van der Waals surface area contributed by atoms with Crippen molar-refractivity contribution in [2.24, 2.45) is 28.6 Å². The summed E-state index contributed by atoms with van der Waals surface area (Å²) in [6.07, 6.45) is 12.2. The molecule has 43 heavy (non-hydrogen) atoms. The van der Waals surface area contributed by atoms with Gasteiger partial charge in [-0.15, -0.1) is 0 Å². The van der Waals surface area contributed by atoms with Crippen LogP contribution in [0.25, 0.3) is 16.4 Å². The van der Waals surface area contributed by atoms with Crippen molar-refractivity contribution in [3.05, 3.63) is 41.4 Å². The number of rotatable bonds is 5. The Morgan fingerprint density at radius 2 is 2.07 bits per heavy atom. The number of aliphatic hydroxyl groups excluding tert-OH is 1. The van der Waals surface area contributed by atoms with Gasteiger partial charge in [0, 0.05) is 24.8 Å². The first-order valence-electron chi connectivity index (χ1n) is 15.8. The Hall–Kier alpha value is -2.11. The number of ether oxygens (including phenoxy) is 1. The summed E-state index contributed by atoms with van der Waals surface area (Å²) in [7, 11) is 0. The summed E-state index contributed by atoms with van der Waals surface area (Å²) in [5.74, 6) is 0.620. The molecule has 228 valence electrons. The summed E-state index contributed by atoms with van der Waals surface area (Å²) in [6.45, 7) is 6.01. The van der Waals surface area contributed by atoms with Gasteiger partial charge < -0.3 is 14.9 Å². The van der Waals surface area contributed by atoms with E-state index in [0.29, 0.717) is 18.9 Å². The van der Waals surface area contributed by atoms with Gasteiger partial charge in [-0.1, -0.05) is 42.5 Å². The Kier molecular flexibility index (Phi) is 6.73. The zero-order valence-electron chi connectivity index (χ0n) is 24.9. The Bertz CT molecular complexity index is 1580. The fraction of sp³-hybridized carbons (Fsp3) is 0.636.